The van der Waals surface area contributed by atoms with Crippen molar-refractivity contribution in [3.8, 4) is 5.75 Å². The molecule has 1 fully saturated rings. The molecule has 0 aromatic heterocycles. The van der Waals surface area contributed by atoms with Crippen LogP contribution in [0.1, 0.15) is 57.6 Å². The summed E-state index contributed by atoms with van der Waals surface area (Å²) < 4.78 is 6.10. The Hall–Kier alpha value is -1.77. The third kappa shape index (κ3) is 5.47. The molecule has 0 unspecified atom stereocenters. The van der Waals surface area contributed by atoms with Gasteiger partial charge in [-0.05, 0) is 48.4 Å². The van der Waals surface area contributed by atoms with Gasteiger partial charge in [-0.25, -0.2) is 0 Å². The van der Waals surface area contributed by atoms with Crippen LogP contribution in [0.2, 0.25) is 0 Å². The predicted octanol–water partition coefficient (Wildman–Crippen LogP) is 6.74. The number of rotatable bonds is 9. The summed E-state index contributed by atoms with van der Waals surface area (Å²) in [4.78, 5) is 0. The molecule has 0 aliphatic heterocycles. The third-order valence-electron chi connectivity index (χ3n) is 6.52. The number of unbranched alkanes of at least 4 members (excludes halogenated alkanes) is 1. The number of benzene rings is 2. The SMILES string of the molecule is CCC/C=C\C[C@@H]1[C@@H](COc2ccc(C(C)(C)c3ccccc3)cc2)[C@H](O)C[C@H]1Cl. The largest absolute Gasteiger partial charge is 0.493 e. The lowest BCUT2D eigenvalue weighted by molar-refractivity contribution is 0.0807. The van der Waals surface area contributed by atoms with Gasteiger partial charge in [0.05, 0.1) is 12.7 Å². The smallest absolute Gasteiger partial charge is 0.119 e. The Kier molecular flexibility index (Phi) is 8.02. The lowest BCUT2D eigenvalue weighted by Crippen LogP contribution is -2.27. The molecule has 1 N–H and O–H groups in total. The highest BCUT2D eigenvalue weighted by Crippen LogP contribution is 2.39. The quantitative estimate of drug-likeness (QED) is 0.355. The summed E-state index contributed by atoms with van der Waals surface area (Å²) in [5, 5.41) is 10.5. The molecule has 0 amide bonds. The van der Waals surface area contributed by atoms with Gasteiger partial charge >= 0.3 is 0 Å². The fourth-order valence-electron chi connectivity index (χ4n) is 4.41. The van der Waals surface area contributed by atoms with Gasteiger partial charge in [0.2, 0.25) is 0 Å². The zero-order chi connectivity index (χ0) is 21.6. The zero-order valence-corrected chi connectivity index (χ0v) is 19.2. The standard InChI is InChI=1S/C27H35ClO2/c1-4-5-6-10-13-23-24(26(29)18-25(23)28)19-30-22-16-14-21(15-17-22)27(2,3)20-11-8-7-9-12-20/h6-12,14-17,23-26,29H,4-5,13,18-19H2,1-3H3/b10-6-/t23-,24-,25-,26-/m1/s1. The number of hydrogen-bond donors (Lipinski definition) is 1. The molecule has 0 radical (unpaired) electrons. The highest BCUT2D eigenvalue weighted by atomic mass is 35.5. The topological polar surface area (TPSA) is 29.5 Å². The summed E-state index contributed by atoms with van der Waals surface area (Å²) in [6, 6.07) is 18.9. The molecule has 0 saturated heterocycles. The second-order valence-corrected chi connectivity index (χ2v) is 9.53. The van der Waals surface area contributed by atoms with Gasteiger partial charge in [0.15, 0.2) is 0 Å². The van der Waals surface area contributed by atoms with Crippen LogP contribution in [0.25, 0.3) is 0 Å². The minimum atomic E-state index is -0.395. The molecule has 0 heterocycles. The fourth-order valence-corrected chi connectivity index (χ4v) is 4.88. The van der Waals surface area contributed by atoms with Crippen molar-refractivity contribution in [3.63, 3.8) is 0 Å². The van der Waals surface area contributed by atoms with Gasteiger partial charge < -0.3 is 9.84 Å². The van der Waals surface area contributed by atoms with E-state index in [0.29, 0.717) is 13.0 Å². The first-order valence-corrected chi connectivity index (χ1v) is 11.6. The van der Waals surface area contributed by atoms with Crippen molar-refractivity contribution < 1.29 is 9.84 Å². The van der Waals surface area contributed by atoms with Gasteiger partial charge in [-0.3, -0.25) is 0 Å². The van der Waals surface area contributed by atoms with E-state index in [4.69, 9.17) is 16.3 Å². The first-order chi connectivity index (χ1) is 14.4. The van der Waals surface area contributed by atoms with E-state index in [0.717, 1.165) is 25.0 Å². The van der Waals surface area contributed by atoms with Crippen molar-refractivity contribution in [1.29, 1.82) is 0 Å². The Balaban J connectivity index is 1.62. The van der Waals surface area contributed by atoms with Gasteiger partial charge in [0, 0.05) is 16.7 Å². The molecular formula is C27H35ClO2. The maximum Gasteiger partial charge on any atom is 0.119 e. The minimum Gasteiger partial charge on any atom is -0.493 e. The normalized spacial score (nSPS) is 24.4. The molecule has 2 aromatic rings. The Bertz CT molecular complexity index is 797. The molecule has 1 saturated carbocycles. The van der Waals surface area contributed by atoms with Crippen LogP contribution in [-0.2, 0) is 5.41 Å². The van der Waals surface area contributed by atoms with E-state index in [-0.39, 0.29) is 22.6 Å². The molecular weight excluding hydrogens is 392 g/mol. The van der Waals surface area contributed by atoms with Gasteiger partial charge in [-0.15, -0.1) is 11.6 Å². The van der Waals surface area contributed by atoms with Crippen molar-refractivity contribution >= 4 is 11.6 Å². The van der Waals surface area contributed by atoms with E-state index in [1.807, 2.05) is 18.2 Å². The Morgan fingerprint density at radius 1 is 1.00 bits per heavy atom. The van der Waals surface area contributed by atoms with E-state index in [1.165, 1.54) is 11.1 Å². The highest BCUT2D eigenvalue weighted by molar-refractivity contribution is 6.21. The summed E-state index contributed by atoms with van der Waals surface area (Å²) in [7, 11) is 0. The molecule has 2 nitrogen and oxygen atoms in total. The molecule has 1 aliphatic carbocycles. The van der Waals surface area contributed by atoms with Gasteiger partial charge in [-0.1, -0.05) is 81.8 Å². The number of halogens is 1. The Labute approximate surface area is 186 Å². The van der Waals surface area contributed by atoms with Crippen LogP contribution >= 0.6 is 11.6 Å². The average Bonchev–Trinajstić information content (AvgIpc) is 3.03. The molecule has 0 spiro atoms. The molecule has 30 heavy (non-hydrogen) atoms. The first kappa shape index (κ1) is 22.9. The second kappa shape index (κ2) is 10.5. The van der Waals surface area contributed by atoms with E-state index in [9.17, 15) is 5.11 Å². The van der Waals surface area contributed by atoms with E-state index >= 15 is 0 Å². The first-order valence-electron chi connectivity index (χ1n) is 11.2. The molecule has 0 bridgehead atoms. The van der Waals surface area contributed by atoms with Crippen molar-refractivity contribution in [2.24, 2.45) is 11.8 Å². The summed E-state index contributed by atoms with van der Waals surface area (Å²) >= 11 is 6.54. The number of ether oxygens (including phenoxy) is 1. The van der Waals surface area contributed by atoms with Crippen LogP contribution in [0.3, 0.4) is 0 Å². The van der Waals surface area contributed by atoms with Crippen LogP contribution < -0.4 is 4.74 Å². The highest BCUT2D eigenvalue weighted by Gasteiger charge is 2.41. The number of hydrogen-bond acceptors (Lipinski definition) is 2. The number of aliphatic hydroxyl groups excluding tert-OH is 1. The number of aliphatic hydroxyl groups is 1. The van der Waals surface area contributed by atoms with Crippen LogP contribution in [0.4, 0.5) is 0 Å². The Morgan fingerprint density at radius 3 is 2.33 bits per heavy atom. The summed E-state index contributed by atoms with van der Waals surface area (Å²) in [5.41, 5.74) is 2.48. The summed E-state index contributed by atoms with van der Waals surface area (Å²) in [6.45, 7) is 7.16. The van der Waals surface area contributed by atoms with Crippen molar-refractivity contribution in [1.82, 2.24) is 0 Å². The molecule has 4 atom stereocenters. The molecule has 3 heteroatoms. The van der Waals surface area contributed by atoms with Gasteiger partial charge in [-0.2, -0.15) is 0 Å². The second-order valence-electron chi connectivity index (χ2n) is 8.97. The van der Waals surface area contributed by atoms with Crippen LogP contribution in [0.5, 0.6) is 5.75 Å². The van der Waals surface area contributed by atoms with Gasteiger partial charge in [0.25, 0.3) is 0 Å². The average molecular weight is 427 g/mol. The monoisotopic (exact) mass is 426 g/mol. The Morgan fingerprint density at radius 2 is 1.67 bits per heavy atom. The number of alkyl halides is 1. The van der Waals surface area contributed by atoms with Crippen LogP contribution in [0.15, 0.2) is 66.7 Å². The van der Waals surface area contributed by atoms with Crippen molar-refractivity contribution in [3.05, 3.63) is 77.9 Å². The minimum absolute atomic E-state index is 0.00826. The molecule has 2 aromatic carbocycles. The lowest BCUT2D eigenvalue weighted by Gasteiger charge is -2.26. The van der Waals surface area contributed by atoms with Crippen LogP contribution in [0, 0.1) is 11.8 Å². The van der Waals surface area contributed by atoms with E-state index in [2.05, 4.69) is 69.3 Å². The van der Waals surface area contributed by atoms with E-state index in [1.54, 1.807) is 0 Å². The molecule has 162 valence electrons. The predicted molar refractivity (Wildman–Crippen MR) is 126 cm³/mol. The summed E-state index contributed by atoms with van der Waals surface area (Å²) in [5.74, 6) is 1.17. The van der Waals surface area contributed by atoms with Gasteiger partial charge in [0.1, 0.15) is 5.75 Å². The maximum absolute atomic E-state index is 10.5. The van der Waals surface area contributed by atoms with Crippen molar-refractivity contribution in [2.45, 2.75) is 63.4 Å². The van der Waals surface area contributed by atoms with Crippen LogP contribution in [-0.4, -0.2) is 23.2 Å². The molecule has 1 aliphatic rings. The lowest BCUT2D eigenvalue weighted by atomic mass is 9.78. The maximum atomic E-state index is 10.5. The molecule has 3 rings (SSSR count). The van der Waals surface area contributed by atoms with Crippen molar-refractivity contribution in [2.75, 3.05) is 6.61 Å². The third-order valence-corrected chi connectivity index (χ3v) is 7.02. The van der Waals surface area contributed by atoms with E-state index < -0.39 is 6.10 Å². The zero-order valence-electron chi connectivity index (χ0n) is 18.4. The summed E-state index contributed by atoms with van der Waals surface area (Å²) in [6.07, 6.45) is 7.84. The number of allylic oxidation sites excluding steroid dienone is 2. The fraction of sp³-hybridized carbons (Fsp3) is 0.481.